The minimum Gasteiger partial charge on any atom is -0.479 e. The molecule has 0 spiro atoms. The van der Waals surface area contributed by atoms with Gasteiger partial charge in [0.25, 0.3) is 0 Å². The van der Waals surface area contributed by atoms with Crippen LogP contribution in [0.15, 0.2) is 48.5 Å². The van der Waals surface area contributed by atoms with Gasteiger partial charge in [0.15, 0.2) is 6.10 Å². The normalized spacial score (nSPS) is 12.0. The molecule has 3 heteroatoms. The van der Waals surface area contributed by atoms with Crippen LogP contribution in [-0.4, -0.2) is 18.7 Å². The lowest BCUT2D eigenvalue weighted by atomic mass is 10.0. The number of hydrogen-bond donors (Lipinski definition) is 0. The molecule has 0 heterocycles. The number of rotatable bonds is 7. The van der Waals surface area contributed by atoms with Gasteiger partial charge in [0, 0.05) is 0 Å². The number of carbonyl (C=O) groups excluding carboxylic acids is 1. The number of carbonyl (C=O) groups is 1. The number of esters is 1. The zero-order valence-electron chi connectivity index (χ0n) is 14.9. The van der Waals surface area contributed by atoms with Crippen LogP contribution in [0.3, 0.4) is 0 Å². The summed E-state index contributed by atoms with van der Waals surface area (Å²) >= 11 is 0. The van der Waals surface area contributed by atoms with Crippen molar-refractivity contribution in [3.8, 4) is 16.9 Å². The molecule has 0 radical (unpaired) electrons. The molecule has 128 valence electrons. The first-order valence-electron chi connectivity index (χ1n) is 8.50. The Morgan fingerprint density at radius 2 is 1.50 bits per heavy atom. The minimum atomic E-state index is -0.561. The van der Waals surface area contributed by atoms with E-state index < -0.39 is 6.10 Å². The average Bonchev–Trinajstić information content (AvgIpc) is 2.59. The number of hydrogen-bond acceptors (Lipinski definition) is 3. The third-order valence-corrected chi connectivity index (χ3v) is 3.71. The highest BCUT2D eigenvalue weighted by molar-refractivity contribution is 5.75. The zero-order chi connectivity index (χ0) is 17.5. The number of benzene rings is 2. The van der Waals surface area contributed by atoms with Gasteiger partial charge in [0.2, 0.25) is 0 Å². The highest BCUT2D eigenvalue weighted by atomic mass is 16.6. The fourth-order valence-electron chi connectivity index (χ4n) is 2.28. The van der Waals surface area contributed by atoms with E-state index in [4.69, 9.17) is 9.47 Å². The second-order valence-corrected chi connectivity index (χ2v) is 6.43. The Balaban J connectivity index is 2.01. The van der Waals surface area contributed by atoms with Crippen LogP contribution >= 0.6 is 0 Å². The highest BCUT2D eigenvalue weighted by Crippen LogP contribution is 2.23. The summed E-state index contributed by atoms with van der Waals surface area (Å²) in [6.07, 6.45) is 0.0189. The molecule has 0 saturated carbocycles. The van der Waals surface area contributed by atoms with E-state index in [2.05, 4.69) is 31.2 Å². The van der Waals surface area contributed by atoms with E-state index in [-0.39, 0.29) is 5.97 Å². The van der Waals surface area contributed by atoms with Crippen LogP contribution < -0.4 is 4.74 Å². The summed E-state index contributed by atoms with van der Waals surface area (Å²) < 4.78 is 11.1. The fraction of sp³-hybridized carbons (Fsp3) is 0.381. The SMILES string of the molecule is CC[C@@H](Oc1ccc(-c2ccc(C)cc2)cc1)C(=O)OCC(C)C. The zero-order valence-corrected chi connectivity index (χ0v) is 14.9. The molecule has 2 rings (SSSR count). The van der Waals surface area contributed by atoms with Crippen LogP contribution in [-0.2, 0) is 9.53 Å². The van der Waals surface area contributed by atoms with Gasteiger partial charge in [-0.2, -0.15) is 0 Å². The van der Waals surface area contributed by atoms with E-state index >= 15 is 0 Å². The Labute approximate surface area is 144 Å². The van der Waals surface area contributed by atoms with E-state index in [1.807, 2.05) is 45.0 Å². The maximum atomic E-state index is 12.1. The molecule has 0 aliphatic rings. The maximum absolute atomic E-state index is 12.1. The maximum Gasteiger partial charge on any atom is 0.347 e. The van der Waals surface area contributed by atoms with Gasteiger partial charge in [-0.05, 0) is 42.5 Å². The summed E-state index contributed by atoms with van der Waals surface area (Å²) in [5, 5.41) is 0. The lowest BCUT2D eigenvalue weighted by Crippen LogP contribution is -2.29. The van der Waals surface area contributed by atoms with Crippen molar-refractivity contribution in [2.75, 3.05) is 6.61 Å². The highest BCUT2D eigenvalue weighted by Gasteiger charge is 2.20. The van der Waals surface area contributed by atoms with E-state index in [9.17, 15) is 4.79 Å². The average molecular weight is 326 g/mol. The standard InChI is InChI=1S/C21H26O3/c1-5-20(21(22)23-14-15(2)3)24-19-12-10-18(11-13-19)17-8-6-16(4)7-9-17/h6-13,15,20H,5,14H2,1-4H3/t20-/m1/s1. The second kappa shape index (κ2) is 8.53. The van der Waals surface area contributed by atoms with E-state index in [0.717, 1.165) is 11.1 Å². The van der Waals surface area contributed by atoms with Gasteiger partial charge in [0.1, 0.15) is 5.75 Å². The summed E-state index contributed by atoms with van der Waals surface area (Å²) in [7, 11) is 0. The molecule has 0 aromatic heterocycles. The van der Waals surface area contributed by atoms with Gasteiger partial charge in [-0.3, -0.25) is 0 Å². The van der Waals surface area contributed by atoms with Crippen molar-refractivity contribution in [3.63, 3.8) is 0 Å². The van der Waals surface area contributed by atoms with Crippen molar-refractivity contribution >= 4 is 5.97 Å². The van der Waals surface area contributed by atoms with Crippen LogP contribution in [0, 0.1) is 12.8 Å². The van der Waals surface area contributed by atoms with Gasteiger partial charge < -0.3 is 9.47 Å². The van der Waals surface area contributed by atoms with Crippen LogP contribution in [0.2, 0.25) is 0 Å². The number of aryl methyl sites for hydroxylation is 1. The van der Waals surface area contributed by atoms with Gasteiger partial charge in [-0.15, -0.1) is 0 Å². The molecule has 2 aromatic carbocycles. The van der Waals surface area contributed by atoms with Crippen LogP contribution in [0.1, 0.15) is 32.8 Å². The summed E-state index contributed by atoms with van der Waals surface area (Å²) in [6.45, 7) is 8.44. The van der Waals surface area contributed by atoms with Crippen molar-refractivity contribution < 1.29 is 14.3 Å². The third-order valence-electron chi connectivity index (χ3n) is 3.71. The first kappa shape index (κ1) is 18.1. The Morgan fingerprint density at radius 1 is 0.958 bits per heavy atom. The molecule has 0 N–H and O–H groups in total. The lowest BCUT2D eigenvalue weighted by Gasteiger charge is -2.17. The van der Waals surface area contributed by atoms with E-state index in [1.165, 1.54) is 5.56 Å². The molecule has 2 aromatic rings. The monoisotopic (exact) mass is 326 g/mol. The molecule has 0 bridgehead atoms. The quantitative estimate of drug-likeness (QED) is 0.670. The van der Waals surface area contributed by atoms with E-state index in [0.29, 0.717) is 24.7 Å². The van der Waals surface area contributed by atoms with Gasteiger partial charge in [-0.25, -0.2) is 4.79 Å². The minimum absolute atomic E-state index is 0.297. The molecule has 3 nitrogen and oxygen atoms in total. The first-order chi connectivity index (χ1) is 11.5. The van der Waals surface area contributed by atoms with Crippen molar-refractivity contribution in [2.24, 2.45) is 5.92 Å². The van der Waals surface area contributed by atoms with E-state index in [1.54, 1.807) is 0 Å². The largest absolute Gasteiger partial charge is 0.479 e. The van der Waals surface area contributed by atoms with Crippen molar-refractivity contribution in [1.29, 1.82) is 0 Å². The van der Waals surface area contributed by atoms with Crippen molar-refractivity contribution in [2.45, 2.75) is 40.2 Å². The Morgan fingerprint density at radius 3 is 2.00 bits per heavy atom. The predicted octanol–water partition coefficient (Wildman–Crippen LogP) is 5.02. The van der Waals surface area contributed by atoms with Gasteiger partial charge >= 0.3 is 5.97 Å². The topological polar surface area (TPSA) is 35.5 Å². The molecule has 1 atom stereocenters. The number of ether oxygens (including phenoxy) is 2. The third kappa shape index (κ3) is 5.12. The van der Waals surface area contributed by atoms with Crippen LogP contribution in [0.4, 0.5) is 0 Å². The summed E-state index contributed by atoms with van der Waals surface area (Å²) in [5.41, 5.74) is 3.53. The molecule has 0 saturated heterocycles. The predicted molar refractivity (Wildman–Crippen MR) is 97.1 cm³/mol. The van der Waals surface area contributed by atoms with Crippen molar-refractivity contribution in [3.05, 3.63) is 54.1 Å². The van der Waals surface area contributed by atoms with Gasteiger partial charge in [-0.1, -0.05) is 62.7 Å². The van der Waals surface area contributed by atoms with Gasteiger partial charge in [0.05, 0.1) is 6.61 Å². The molecule has 0 aliphatic carbocycles. The lowest BCUT2D eigenvalue weighted by molar-refractivity contribution is -0.153. The van der Waals surface area contributed by atoms with Crippen LogP contribution in [0.5, 0.6) is 5.75 Å². The first-order valence-corrected chi connectivity index (χ1v) is 8.50. The Hall–Kier alpha value is -2.29. The molecular formula is C21H26O3. The molecular weight excluding hydrogens is 300 g/mol. The molecule has 0 aliphatic heterocycles. The summed E-state index contributed by atoms with van der Waals surface area (Å²) in [4.78, 5) is 12.1. The second-order valence-electron chi connectivity index (χ2n) is 6.43. The smallest absolute Gasteiger partial charge is 0.347 e. The Bertz CT molecular complexity index is 642. The molecule has 0 fully saturated rings. The molecule has 24 heavy (non-hydrogen) atoms. The van der Waals surface area contributed by atoms with Crippen LogP contribution in [0.25, 0.3) is 11.1 Å². The summed E-state index contributed by atoms with van der Waals surface area (Å²) in [5.74, 6) is 0.702. The molecule has 0 unspecified atom stereocenters. The van der Waals surface area contributed by atoms with Crippen molar-refractivity contribution in [1.82, 2.24) is 0 Å². The molecule has 0 amide bonds. The fourth-order valence-corrected chi connectivity index (χ4v) is 2.28. The summed E-state index contributed by atoms with van der Waals surface area (Å²) in [6, 6.07) is 16.2. The Kier molecular flexibility index (Phi) is 6.42.